The molecule has 1 fully saturated rings. The van der Waals surface area contributed by atoms with Crippen LogP contribution in [0.15, 0.2) is 66.7 Å². The fourth-order valence-corrected chi connectivity index (χ4v) is 5.73. The Bertz CT molecular complexity index is 1490. The highest BCUT2D eigenvalue weighted by molar-refractivity contribution is 5.97. The minimum atomic E-state index is -0.437. The zero-order valence-corrected chi connectivity index (χ0v) is 26.1. The SMILES string of the molecule is CCCN1CC(=O)N[C@H]2CCN(C(=O)CCc3ccc(OC)cc3)C[C@@H]2OCc2cccc(c2)Oc2cc(ccc2OC)C1=O. The Kier molecular flexibility index (Phi) is 10.6. The first kappa shape index (κ1) is 31.8. The van der Waals surface area contributed by atoms with Crippen molar-refractivity contribution in [2.24, 2.45) is 0 Å². The van der Waals surface area contributed by atoms with E-state index in [0.717, 1.165) is 16.9 Å². The third-order valence-corrected chi connectivity index (χ3v) is 8.16. The first-order valence-corrected chi connectivity index (χ1v) is 15.4. The summed E-state index contributed by atoms with van der Waals surface area (Å²) in [6.45, 7) is 3.40. The van der Waals surface area contributed by atoms with Crippen molar-refractivity contribution in [2.75, 3.05) is 40.4 Å². The lowest BCUT2D eigenvalue weighted by Crippen LogP contribution is -2.57. The van der Waals surface area contributed by atoms with Crippen LogP contribution in [0.2, 0.25) is 0 Å². The second-order valence-electron chi connectivity index (χ2n) is 11.3. The van der Waals surface area contributed by atoms with Crippen LogP contribution in [0.4, 0.5) is 0 Å². The lowest BCUT2D eigenvalue weighted by atomic mass is 10.00. The van der Waals surface area contributed by atoms with Gasteiger partial charge in [-0.2, -0.15) is 0 Å². The zero-order chi connectivity index (χ0) is 31.8. The second kappa shape index (κ2) is 14.9. The molecule has 1 N–H and O–H groups in total. The molecule has 3 amide bonds. The van der Waals surface area contributed by atoms with Gasteiger partial charge >= 0.3 is 0 Å². The maximum Gasteiger partial charge on any atom is 0.254 e. The number of rotatable bonds is 7. The van der Waals surface area contributed by atoms with E-state index in [-0.39, 0.29) is 36.9 Å². The summed E-state index contributed by atoms with van der Waals surface area (Å²) in [6, 6.07) is 19.9. The normalized spacial score (nSPS) is 18.8. The fourth-order valence-electron chi connectivity index (χ4n) is 5.73. The van der Waals surface area contributed by atoms with Crippen LogP contribution < -0.4 is 19.5 Å². The number of piperidine rings is 1. The molecule has 2 atom stereocenters. The van der Waals surface area contributed by atoms with Crippen LogP contribution in [-0.2, 0) is 27.4 Å². The average molecular weight is 616 g/mol. The van der Waals surface area contributed by atoms with Crippen LogP contribution in [0.1, 0.15) is 47.7 Å². The standard InChI is InChI=1S/C35H41N3O7/c1-4-17-38-22-33(39)36-29-16-18-37(34(40)15-10-24-8-12-27(42-2)13-9-24)21-32(29)44-23-25-6-5-7-28(19-25)45-31-20-26(35(38)41)11-14-30(31)43-3/h5-9,11-14,19-20,29,32H,4,10,15-18,21-23H2,1-3H3,(H,36,39)/t29-,32-/m0/s1. The molecule has 238 valence electrons. The molecule has 0 unspecified atom stereocenters. The van der Waals surface area contributed by atoms with Crippen LogP contribution in [-0.4, -0.2) is 80.1 Å². The van der Waals surface area contributed by atoms with Gasteiger partial charge in [0.15, 0.2) is 11.5 Å². The van der Waals surface area contributed by atoms with Crippen molar-refractivity contribution in [1.29, 1.82) is 0 Å². The van der Waals surface area contributed by atoms with E-state index in [1.165, 1.54) is 0 Å². The number of carbonyl (C=O) groups is 3. The quantitative estimate of drug-likeness (QED) is 0.414. The van der Waals surface area contributed by atoms with E-state index >= 15 is 0 Å². The molecule has 1 saturated heterocycles. The summed E-state index contributed by atoms with van der Waals surface area (Å²) >= 11 is 0. The van der Waals surface area contributed by atoms with Crippen molar-refractivity contribution in [2.45, 2.75) is 51.4 Å². The number of likely N-dealkylation sites (tertiary alicyclic amines) is 1. The summed E-state index contributed by atoms with van der Waals surface area (Å²) in [6.07, 6.45) is 1.78. The molecule has 2 heterocycles. The Hall–Kier alpha value is -4.57. The molecule has 10 heteroatoms. The van der Waals surface area contributed by atoms with Gasteiger partial charge in [-0.25, -0.2) is 0 Å². The smallest absolute Gasteiger partial charge is 0.254 e. The van der Waals surface area contributed by atoms with Gasteiger partial charge in [0.05, 0.1) is 39.5 Å². The van der Waals surface area contributed by atoms with Crippen LogP contribution in [0.25, 0.3) is 0 Å². The molecule has 10 nitrogen and oxygen atoms in total. The van der Waals surface area contributed by atoms with Crippen molar-refractivity contribution in [3.05, 3.63) is 83.4 Å². The van der Waals surface area contributed by atoms with Crippen LogP contribution >= 0.6 is 0 Å². The topological polar surface area (TPSA) is 107 Å². The number of benzene rings is 3. The van der Waals surface area contributed by atoms with E-state index in [9.17, 15) is 14.4 Å². The molecule has 3 aromatic carbocycles. The van der Waals surface area contributed by atoms with Crippen molar-refractivity contribution in [3.8, 4) is 23.0 Å². The van der Waals surface area contributed by atoms with E-state index in [4.69, 9.17) is 18.9 Å². The van der Waals surface area contributed by atoms with Crippen molar-refractivity contribution < 1.29 is 33.3 Å². The lowest BCUT2D eigenvalue weighted by molar-refractivity contribution is -0.137. The Morgan fingerprint density at radius 2 is 1.84 bits per heavy atom. The molecule has 45 heavy (non-hydrogen) atoms. The van der Waals surface area contributed by atoms with E-state index in [0.29, 0.717) is 68.1 Å². The molecule has 3 aromatic rings. The number of hydrogen-bond acceptors (Lipinski definition) is 7. The highest BCUT2D eigenvalue weighted by Crippen LogP contribution is 2.33. The predicted octanol–water partition coefficient (Wildman–Crippen LogP) is 4.60. The number of carbonyl (C=O) groups excluding carboxylic acids is 3. The highest BCUT2D eigenvalue weighted by atomic mass is 16.5. The van der Waals surface area contributed by atoms with E-state index in [2.05, 4.69) is 5.32 Å². The largest absolute Gasteiger partial charge is 0.497 e. The van der Waals surface area contributed by atoms with Gasteiger partial charge in [0.25, 0.3) is 5.91 Å². The molecule has 0 aromatic heterocycles. The van der Waals surface area contributed by atoms with Crippen molar-refractivity contribution in [1.82, 2.24) is 15.1 Å². The summed E-state index contributed by atoms with van der Waals surface area (Å²) in [4.78, 5) is 43.6. The molecule has 0 radical (unpaired) electrons. The van der Waals surface area contributed by atoms with Gasteiger partial charge in [0.2, 0.25) is 11.8 Å². The fraction of sp³-hybridized carbons (Fsp3) is 0.400. The minimum absolute atomic E-state index is 0.0385. The van der Waals surface area contributed by atoms with E-state index in [1.807, 2.05) is 60.4 Å². The number of fused-ring (bicyclic) bond motifs is 5. The molecular weight excluding hydrogens is 574 g/mol. The number of ether oxygens (including phenoxy) is 4. The maximum atomic E-state index is 13.6. The monoisotopic (exact) mass is 615 g/mol. The third-order valence-electron chi connectivity index (χ3n) is 8.16. The summed E-state index contributed by atoms with van der Waals surface area (Å²) in [7, 11) is 3.17. The average Bonchev–Trinajstić information content (AvgIpc) is 3.06. The van der Waals surface area contributed by atoms with Crippen LogP contribution in [0, 0.1) is 0 Å². The summed E-state index contributed by atoms with van der Waals surface area (Å²) in [5, 5.41) is 3.12. The first-order valence-electron chi connectivity index (χ1n) is 15.4. The molecule has 0 saturated carbocycles. The summed E-state index contributed by atoms with van der Waals surface area (Å²) < 4.78 is 23.3. The zero-order valence-electron chi connectivity index (χ0n) is 26.1. The molecule has 0 aliphatic carbocycles. The predicted molar refractivity (Wildman–Crippen MR) is 169 cm³/mol. The van der Waals surface area contributed by atoms with Crippen molar-refractivity contribution in [3.63, 3.8) is 0 Å². The second-order valence-corrected chi connectivity index (χ2v) is 11.3. The molecule has 5 rings (SSSR count). The highest BCUT2D eigenvalue weighted by Gasteiger charge is 2.34. The van der Waals surface area contributed by atoms with Crippen LogP contribution in [0.5, 0.6) is 23.0 Å². The van der Waals surface area contributed by atoms with Crippen molar-refractivity contribution >= 4 is 17.7 Å². The number of amides is 3. The molecule has 2 aliphatic rings. The summed E-state index contributed by atoms with van der Waals surface area (Å²) in [5.74, 6) is 1.72. The number of nitrogens with one attached hydrogen (secondary N) is 1. The van der Waals surface area contributed by atoms with Gasteiger partial charge in [0.1, 0.15) is 11.5 Å². The Labute approximate surface area is 264 Å². The summed E-state index contributed by atoms with van der Waals surface area (Å²) in [5.41, 5.74) is 2.33. The Balaban J connectivity index is 1.36. The molecule has 0 spiro atoms. The van der Waals surface area contributed by atoms with Crippen LogP contribution in [0.3, 0.4) is 0 Å². The van der Waals surface area contributed by atoms with Gasteiger partial charge in [-0.1, -0.05) is 31.2 Å². The van der Waals surface area contributed by atoms with Gasteiger partial charge in [0, 0.05) is 31.6 Å². The number of aryl methyl sites for hydroxylation is 1. The lowest BCUT2D eigenvalue weighted by Gasteiger charge is -2.39. The first-order chi connectivity index (χ1) is 21.9. The molecule has 2 aliphatic heterocycles. The number of methoxy groups -OCH3 is 2. The maximum absolute atomic E-state index is 13.6. The Morgan fingerprint density at radius 3 is 2.60 bits per heavy atom. The van der Waals surface area contributed by atoms with Gasteiger partial charge < -0.3 is 34.1 Å². The minimum Gasteiger partial charge on any atom is -0.497 e. The van der Waals surface area contributed by atoms with E-state index < -0.39 is 6.10 Å². The number of hydrogen-bond donors (Lipinski definition) is 1. The number of nitrogens with zero attached hydrogens (tertiary/aromatic N) is 2. The molecule has 4 bridgehead atoms. The van der Waals surface area contributed by atoms with Gasteiger partial charge in [-0.3, -0.25) is 14.4 Å². The third kappa shape index (κ3) is 8.13. The van der Waals surface area contributed by atoms with Gasteiger partial charge in [-0.05, 0) is 72.9 Å². The van der Waals surface area contributed by atoms with Gasteiger partial charge in [-0.15, -0.1) is 0 Å². The Morgan fingerprint density at radius 1 is 1.02 bits per heavy atom. The van der Waals surface area contributed by atoms with E-state index in [1.54, 1.807) is 37.3 Å². The molecular formula is C35H41N3O7.